The van der Waals surface area contributed by atoms with Gasteiger partial charge in [-0.3, -0.25) is 4.79 Å². The van der Waals surface area contributed by atoms with Gasteiger partial charge in [0.15, 0.2) is 17.1 Å². The number of nitrogens with zero attached hydrogens (tertiary/aromatic N) is 4. The Morgan fingerprint density at radius 3 is 2.96 bits per heavy atom. The number of nitriles is 1. The van der Waals surface area contributed by atoms with E-state index in [1.807, 2.05) is 13.8 Å². The largest absolute Gasteiger partial charge is 0.454 e. The van der Waals surface area contributed by atoms with Gasteiger partial charge in [-0.25, -0.2) is 9.50 Å². The quantitative estimate of drug-likeness (QED) is 0.764. The number of benzene rings is 1. The van der Waals surface area contributed by atoms with Crippen molar-refractivity contribution >= 4 is 17.2 Å². The molecule has 0 aliphatic carbocycles. The summed E-state index contributed by atoms with van der Waals surface area (Å²) in [6.07, 6.45) is 2.33. The first kappa shape index (κ1) is 16.8. The van der Waals surface area contributed by atoms with Gasteiger partial charge in [-0.2, -0.15) is 10.4 Å². The second-order valence-corrected chi connectivity index (χ2v) is 6.28. The van der Waals surface area contributed by atoms with Crippen LogP contribution in [0, 0.1) is 25.2 Å². The third-order valence-corrected chi connectivity index (χ3v) is 4.59. The fourth-order valence-electron chi connectivity index (χ4n) is 3.19. The molecule has 1 aromatic carbocycles. The molecule has 0 saturated carbocycles. The highest BCUT2D eigenvalue weighted by atomic mass is 16.7. The SMILES string of the molecule is Cc1nc2c(C#N)cnn2c(C)c1CCC(=O)Nc1ccc2c(c1)OCO2. The van der Waals surface area contributed by atoms with Crippen LogP contribution in [0.25, 0.3) is 5.65 Å². The zero-order valence-corrected chi connectivity index (χ0v) is 14.9. The molecule has 3 heterocycles. The van der Waals surface area contributed by atoms with Crippen molar-refractivity contribution in [3.63, 3.8) is 0 Å². The number of fused-ring (bicyclic) bond motifs is 2. The summed E-state index contributed by atoms with van der Waals surface area (Å²) < 4.78 is 12.2. The van der Waals surface area contributed by atoms with Crippen LogP contribution in [0.4, 0.5) is 5.69 Å². The normalized spacial score (nSPS) is 12.2. The van der Waals surface area contributed by atoms with Gasteiger partial charge in [0.1, 0.15) is 11.6 Å². The summed E-state index contributed by atoms with van der Waals surface area (Å²) in [6.45, 7) is 3.99. The summed E-state index contributed by atoms with van der Waals surface area (Å²) in [5.41, 5.74) is 4.28. The van der Waals surface area contributed by atoms with Crippen LogP contribution in [0.15, 0.2) is 24.4 Å². The maximum atomic E-state index is 12.4. The topological polar surface area (TPSA) is 102 Å². The molecule has 2 aromatic heterocycles. The molecule has 1 aliphatic heterocycles. The predicted octanol–water partition coefficient (Wildman–Crippen LogP) is 2.52. The summed E-state index contributed by atoms with van der Waals surface area (Å²) in [5.74, 6) is 1.20. The molecule has 0 unspecified atom stereocenters. The number of hydrogen-bond donors (Lipinski definition) is 1. The average Bonchev–Trinajstić information content (AvgIpc) is 3.27. The van der Waals surface area contributed by atoms with Crippen molar-refractivity contribution in [1.82, 2.24) is 14.6 Å². The van der Waals surface area contributed by atoms with Crippen LogP contribution in [0.5, 0.6) is 11.5 Å². The van der Waals surface area contributed by atoms with Crippen molar-refractivity contribution in [2.75, 3.05) is 12.1 Å². The van der Waals surface area contributed by atoms with Gasteiger partial charge in [0.05, 0.1) is 6.20 Å². The van der Waals surface area contributed by atoms with E-state index < -0.39 is 0 Å². The number of anilines is 1. The number of carbonyl (C=O) groups is 1. The summed E-state index contributed by atoms with van der Waals surface area (Å²) in [6, 6.07) is 7.39. The molecule has 1 amide bonds. The predicted molar refractivity (Wildman–Crippen MR) is 96.7 cm³/mol. The maximum Gasteiger partial charge on any atom is 0.231 e. The second-order valence-electron chi connectivity index (χ2n) is 6.28. The van der Waals surface area contributed by atoms with Crippen molar-refractivity contribution in [1.29, 1.82) is 5.26 Å². The number of rotatable bonds is 4. The smallest absolute Gasteiger partial charge is 0.231 e. The molecule has 0 radical (unpaired) electrons. The van der Waals surface area contributed by atoms with Gasteiger partial charge in [0.25, 0.3) is 0 Å². The molecule has 136 valence electrons. The number of aryl methyl sites for hydroxylation is 2. The Balaban J connectivity index is 1.48. The van der Waals surface area contributed by atoms with Gasteiger partial charge in [-0.1, -0.05) is 0 Å². The molecule has 1 N–H and O–H groups in total. The molecule has 0 fully saturated rings. The summed E-state index contributed by atoms with van der Waals surface area (Å²) in [7, 11) is 0. The molecule has 0 saturated heterocycles. The van der Waals surface area contributed by atoms with Gasteiger partial charge in [0, 0.05) is 29.6 Å². The Labute approximate surface area is 155 Å². The molecule has 27 heavy (non-hydrogen) atoms. The van der Waals surface area contributed by atoms with E-state index in [9.17, 15) is 4.79 Å². The van der Waals surface area contributed by atoms with E-state index in [0.717, 1.165) is 17.0 Å². The number of carbonyl (C=O) groups excluding carboxylic acids is 1. The van der Waals surface area contributed by atoms with E-state index in [4.69, 9.17) is 14.7 Å². The lowest BCUT2D eigenvalue weighted by Gasteiger charge is -2.11. The minimum absolute atomic E-state index is 0.106. The van der Waals surface area contributed by atoms with Gasteiger partial charge in [-0.15, -0.1) is 0 Å². The molecule has 8 nitrogen and oxygen atoms in total. The first-order valence-electron chi connectivity index (χ1n) is 8.50. The maximum absolute atomic E-state index is 12.4. The van der Waals surface area contributed by atoms with Crippen LogP contribution in [0.1, 0.15) is 28.9 Å². The minimum Gasteiger partial charge on any atom is -0.454 e. The first-order chi connectivity index (χ1) is 13.1. The highest BCUT2D eigenvalue weighted by Gasteiger charge is 2.16. The molecule has 0 bridgehead atoms. The van der Waals surface area contributed by atoms with E-state index in [2.05, 4.69) is 21.5 Å². The average molecular weight is 363 g/mol. The van der Waals surface area contributed by atoms with Gasteiger partial charge >= 0.3 is 0 Å². The Kier molecular flexibility index (Phi) is 4.12. The molecule has 3 aromatic rings. The molecule has 1 aliphatic rings. The van der Waals surface area contributed by atoms with E-state index in [1.165, 1.54) is 6.20 Å². The Morgan fingerprint density at radius 2 is 2.15 bits per heavy atom. The molecular formula is C19H17N5O3. The first-order valence-corrected chi connectivity index (χ1v) is 8.50. The number of aromatic nitrogens is 3. The van der Waals surface area contributed by atoms with Crippen LogP contribution in [-0.4, -0.2) is 27.3 Å². The molecule has 8 heteroatoms. The Bertz CT molecular complexity index is 1100. The summed E-state index contributed by atoms with van der Waals surface area (Å²) in [4.78, 5) is 16.8. The highest BCUT2D eigenvalue weighted by molar-refractivity contribution is 5.91. The third kappa shape index (κ3) is 3.04. The fourth-order valence-corrected chi connectivity index (χ4v) is 3.19. The lowest BCUT2D eigenvalue weighted by molar-refractivity contribution is -0.116. The zero-order chi connectivity index (χ0) is 19.0. The van der Waals surface area contributed by atoms with E-state index in [0.29, 0.717) is 41.2 Å². The molecule has 4 rings (SSSR count). The van der Waals surface area contributed by atoms with E-state index in [-0.39, 0.29) is 12.7 Å². The summed E-state index contributed by atoms with van der Waals surface area (Å²) in [5, 5.41) is 16.2. The lowest BCUT2D eigenvalue weighted by Crippen LogP contribution is -2.14. The van der Waals surface area contributed by atoms with Crippen molar-refractivity contribution < 1.29 is 14.3 Å². The second kappa shape index (κ2) is 6.61. The number of ether oxygens (including phenoxy) is 2. The van der Waals surface area contributed by atoms with Gasteiger partial charge in [0.2, 0.25) is 12.7 Å². The van der Waals surface area contributed by atoms with E-state index >= 15 is 0 Å². The van der Waals surface area contributed by atoms with Crippen LogP contribution >= 0.6 is 0 Å². The third-order valence-electron chi connectivity index (χ3n) is 4.59. The zero-order valence-electron chi connectivity index (χ0n) is 14.9. The van der Waals surface area contributed by atoms with Crippen molar-refractivity contribution in [3.05, 3.63) is 46.9 Å². The number of amides is 1. The van der Waals surface area contributed by atoms with Crippen molar-refractivity contribution in [3.8, 4) is 17.6 Å². The van der Waals surface area contributed by atoms with Crippen LogP contribution in [-0.2, 0) is 11.2 Å². The Hall–Kier alpha value is -3.60. The number of nitrogens with one attached hydrogen (secondary N) is 1. The monoisotopic (exact) mass is 363 g/mol. The van der Waals surface area contributed by atoms with Crippen LogP contribution in [0.2, 0.25) is 0 Å². The number of hydrogen-bond acceptors (Lipinski definition) is 6. The molecule has 0 spiro atoms. The van der Waals surface area contributed by atoms with Crippen molar-refractivity contribution in [2.45, 2.75) is 26.7 Å². The lowest BCUT2D eigenvalue weighted by atomic mass is 10.1. The standard InChI is InChI=1S/C19H17N5O3/c1-11-15(12(2)24-19(22-11)13(8-20)9-21-24)4-6-18(25)23-14-3-5-16-17(7-14)27-10-26-16/h3,5,7,9H,4,6,10H2,1-2H3,(H,23,25). The minimum atomic E-state index is -0.106. The van der Waals surface area contributed by atoms with Crippen LogP contribution in [0.3, 0.4) is 0 Å². The van der Waals surface area contributed by atoms with Gasteiger partial charge in [-0.05, 0) is 38.0 Å². The Morgan fingerprint density at radius 1 is 1.33 bits per heavy atom. The van der Waals surface area contributed by atoms with Crippen molar-refractivity contribution in [2.24, 2.45) is 0 Å². The van der Waals surface area contributed by atoms with Gasteiger partial charge < -0.3 is 14.8 Å². The summed E-state index contributed by atoms with van der Waals surface area (Å²) >= 11 is 0. The van der Waals surface area contributed by atoms with E-state index in [1.54, 1.807) is 22.7 Å². The molecular weight excluding hydrogens is 346 g/mol. The van der Waals surface area contributed by atoms with Crippen LogP contribution < -0.4 is 14.8 Å². The fraction of sp³-hybridized carbons (Fsp3) is 0.263. The highest BCUT2D eigenvalue weighted by Crippen LogP contribution is 2.34. The molecule has 0 atom stereocenters.